The van der Waals surface area contributed by atoms with Gasteiger partial charge in [-0.25, -0.2) is 9.78 Å². The first-order valence-corrected chi connectivity index (χ1v) is 10.6. The zero-order valence-electron chi connectivity index (χ0n) is 17.2. The molecule has 156 valence electrons. The first kappa shape index (κ1) is 20.2. The van der Waals surface area contributed by atoms with E-state index >= 15 is 0 Å². The summed E-state index contributed by atoms with van der Waals surface area (Å²) in [7, 11) is 0. The highest BCUT2D eigenvalue weighted by Crippen LogP contribution is 2.14. The molecule has 1 fully saturated rings. The average molecular weight is 404 g/mol. The number of aromatic nitrogens is 2. The van der Waals surface area contributed by atoms with E-state index in [0.717, 1.165) is 44.6 Å². The van der Waals surface area contributed by atoms with Crippen LogP contribution in [-0.4, -0.2) is 39.6 Å². The zero-order valence-corrected chi connectivity index (χ0v) is 17.2. The van der Waals surface area contributed by atoms with Crippen molar-refractivity contribution in [2.75, 3.05) is 13.1 Å². The van der Waals surface area contributed by atoms with Crippen LogP contribution in [0.4, 0.5) is 4.79 Å². The van der Waals surface area contributed by atoms with Gasteiger partial charge in [0.1, 0.15) is 0 Å². The van der Waals surface area contributed by atoms with Gasteiger partial charge in [0, 0.05) is 51.2 Å². The van der Waals surface area contributed by atoms with E-state index < -0.39 is 0 Å². The van der Waals surface area contributed by atoms with Crippen LogP contribution in [-0.2, 0) is 19.6 Å². The first-order valence-electron chi connectivity index (χ1n) is 10.6. The monoisotopic (exact) mass is 403 g/mol. The SMILES string of the molecule is O=C(NCc1cccc(Cn2ccnc2)c1)NC1CCN(Cc2ccccc2)CC1. The van der Waals surface area contributed by atoms with Gasteiger partial charge < -0.3 is 15.2 Å². The van der Waals surface area contributed by atoms with Crippen LogP contribution in [0.1, 0.15) is 29.5 Å². The van der Waals surface area contributed by atoms with Crippen molar-refractivity contribution in [3.05, 3.63) is 90.0 Å². The Labute approximate surface area is 177 Å². The van der Waals surface area contributed by atoms with Gasteiger partial charge in [0.05, 0.1) is 6.33 Å². The summed E-state index contributed by atoms with van der Waals surface area (Å²) in [4.78, 5) is 18.9. The number of hydrogen-bond donors (Lipinski definition) is 2. The number of piperidine rings is 1. The van der Waals surface area contributed by atoms with E-state index in [9.17, 15) is 4.79 Å². The number of urea groups is 1. The molecule has 1 saturated heterocycles. The van der Waals surface area contributed by atoms with E-state index in [1.165, 1.54) is 11.1 Å². The minimum atomic E-state index is -0.0866. The lowest BCUT2D eigenvalue weighted by Crippen LogP contribution is -2.47. The van der Waals surface area contributed by atoms with Gasteiger partial charge in [-0.15, -0.1) is 0 Å². The van der Waals surface area contributed by atoms with E-state index in [4.69, 9.17) is 0 Å². The molecule has 0 aliphatic carbocycles. The molecule has 0 unspecified atom stereocenters. The lowest BCUT2D eigenvalue weighted by atomic mass is 10.0. The largest absolute Gasteiger partial charge is 0.335 e. The molecule has 0 atom stereocenters. The summed E-state index contributed by atoms with van der Waals surface area (Å²) in [5, 5.41) is 6.14. The third kappa shape index (κ3) is 5.94. The maximum Gasteiger partial charge on any atom is 0.315 e. The summed E-state index contributed by atoms with van der Waals surface area (Å²) in [5.74, 6) is 0. The number of nitrogens with one attached hydrogen (secondary N) is 2. The molecule has 0 saturated carbocycles. The van der Waals surface area contributed by atoms with Crippen LogP contribution in [0.2, 0.25) is 0 Å². The Hall–Kier alpha value is -3.12. The highest BCUT2D eigenvalue weighted by Gasteiger charge is 2.20. The number of benzene rings is 2. The Balaban J connectivity index is 1.18. The van der Waals surface area contributed by atoms with Gasteiger partial charge in [-0.05, 0) is 29.5 Å². The second-order valence-corrected chi connectivity index (χ2v) is 7.92. The fourth-order valence-electron chi connectivity index (χ4n) is 3.92. The quantitative estimate of drug-likeness (QED) is 0.636. The molecular weight excluding hydrogens is 374 g/mol. The summed E-state index contributed by atoms with van der Waals surface area (Å²) < 4.78 is 2.03. The van der Waals surface area contributed by atoms with Gasteiger partial charge in [-0.1, -0.05) is 54.6 Å². The third-order valence-corrected chi connectivity index (χ3v) is 5.54. The molecule has 0 radical (unpaired) electrons. The molecule has 6 heteroatoms. The summed E-state index contributed by atoms with van der Waals surface area (Å²) in [6.07, 6.45) is 7.51. The van der Waals surface area contributed by atoms with Crippen molar-refractivity contribution in [3.63, 3.8) is 0 Å². The number of hydrogen-bond acceptors (Lipinski definition) is 3. The van der Waals surface area contributed by atoms with Crippen molar-refractivity contribution < 1.29 is 4.79 Å². The number of imidazole rings is 1. The van der Waals surface area contributed by atoms with Crippen LogP contribution in [0.15, 0.2) is 73.3 Å². The van der Waals surface area contributed by atoms with Gasteiger partial charge in [0.15, 0.2) is 0 Å². The van der Waals surface area contributed by atoms with Crippen molar-refractivity contribution in [1.29, 1.82) is 0 Å². The first-order chi connectivity index (χ1) is 14.7. The van der Waals surface area contributed by atoms with Crippen molar-refractivity contribution in [1.82, 2.24) is 25.1 Å². The molecule has 30 heavy (non-hydrogen) atoms. The standard InChI is InChI=1S/C24H29N5O/c30-24(26-16-21-7-4-8-22(15-21)18-29-14-11-25-19-29)27-23-9-12-28(13-10-23)17-20-5-2-1-3-6-20/h1-8,11,14-15,19,23H,9-10,12-13,16-18H2,(H2,26,27,30). The smallest absolute Gasteiger partial charge is 0.315 e. The number of rotatable bonds is 7. The van der Waals surface area contributed by atoms with Gasteiger partial charge in [-0.3, -0.25) is 4.90 Å². The normalized spacial score (nSPS) is 15.1. The minimum absolute atomic E-state index is 0.0866. The second-order valence-electron chi connectivity index (χ2n) is 7.92. The second kappa shape index (κ2) is 10.1. The molecule has 3 aromatic rings. The van der Waals surface area contributed by atoms with Crippen LogP contribution >= 0.6 is 0 Å². The molecule has 1 aromatic heterocycles. The molecule has 6 nitrogen and oxygen atoms in total. The Morgan fingerprint density at radius 2 is 1.73 bits per heavy atom. The van der Waals surface area contributed by atoms with Crippen LogP contribution in [0.3, 0.4) is 0 Å². The number of carbonyl (C=O) groups is 1. The van der Waals surface area contributed by atoms with Crippen molar-refractivity contribution in [2.24, 2.45) is 0 Å². The van der Waals surface area contributed by atoms with Crippen molar-refractivity contribution >= 4 is 6.03 Å². The lowest BCUT2D eigenvalue weighted by Gasteiger charge is -2.32. The summed E-state index contributed by atoms with van der Waals surface area (Å²) in [5.41, 5.74) is 3.64. The number of nitrogens with zero attached hydrogens (tertiary/aromatic N) is 3. The zero-order chi connectivity index (χ0) is 20.6. The molecule has 2 amide bonds. The number of amides is 2. The Morgan fingerprint density at radius 3 is 2.50 bits per heavy atom. The summed E-state index contributed by atoms with van der Waals surface area (Å²) in [6, 6.07) is 19.0. The average Bonchev–Trinajstić information content (AvgIpc) is 3.28. The maximum atomic E-state index is 12.4. The third-order valence-electron chi connectivity index (χ3n) is 5.54. The Bertz CT molecular complexity index is 918. The molecular formula is C24H29N5O. The van der Waals surface area contributed by atoms with E-state index in [-0.39, 0.29) is 12.1 Å². The van der Waals surface area contributed by atoms with Gasteiger partial charge in [0.25, 0.3) is 0 Å². The molecule has 4 rings (SSSR count). The molecule has 1 aliphatic heterocycles. The summed E-state index contributed by atoms with van der Waals surface area (Å²) in [6.45, 7) is 4.31. The molecule has 2 aromatic carbocycles. The Morgan fingerprint density at radius 1 is 0.967 bits per heavy atom. The Kier molecular flexibility index (Phi) is 6.77. The predicted octanol–water partition coefficient (Wildman–Crippen LogP) is 3.40. The predicted molar refractivity (Wildman–Crippen MR) is 118 cm³/mol. The fraction of sp³-hybridized carbons (Fsp3) is 0.333. The number of likely N-dealkylation sites (tertiary alicyclic amines) is 1. The molecule has 2 N–H and O–H groups in total. The molecule has 0 spiro atoms. The van der Waals surface area contributed by atoms with Crippen LogP contribution in [0, 0.1) is 0 Å². The van der Waals surface area contributed by atoms with Crippen LogP contribution in [0.25, 0.3) is 0 Å². The topological polar surface area (TPSA) is 62.2 Å². The van der Waals surface area contributed by atoms with Crippen molar-refractivity contribution in [2.45, 2.75) is 38.5 Å². The van der Waals surface area contributed by atoms with Crippen LogP contribution in [0.5, 0.6) is 0 Å². The van der Waals surface area contributed by atoms with Crippen LogP contribution < -0.4 is 10.6 Å². The molecule has 1 aliphatic rings. The fourth-order valence-corrected chi connectivity index (χ4v) is 3.92. The van der Waals surface area contributed by atoms with E-state index in [1.807, 2.05) is 35.3 Å². The van der Waals surface area contributed by atoms with Gasteiger partial charge in [0.2, 0.25) is 0 Å². The molecule has 0 bridgehead atoms. The summed E-state index contributed by atoms with van der Waals surface area (Å²) >= 11 is 0. The highest BCUT2D eigenvalue weighted by atomic mass is 16.2. The van der Waals surface area contributed by atoms with Gasteiger partial charge >= 0.3 is 6.03 Å². The van der Waals surface area contributed by atoms with E-state index in [2.05, 4.69) is 56.9 Å². The maximum absolute atomic E-state index is 12.4. The van der Waals surface area contributed by atoms with E-state index in [0.29, 0.717) is 6.54 Å². The number of carbonyl (C=O) groups excluding carboxylic acids is 1. The highest BCUT2D eigenvalue weighted by molar-refractivity contribution is 5.74. The van der Waals surface area contributed by atoms with Crippen molar-refractivity contribution in [3.8, 4) is 0 Å². The minimum Gasteiger partial charge on any atom is -0.335 e. The molecule has 2 heterocycles. The lowest BCUT2D eigenvalue weighted by molar-refractivity contribution is 0.186. The van der Waals surface area contributed by atoms with E-state index in [1.54, 1.807) is 6.20 Å². The van der Waals surface area contributed by atoms with Gasteiger partial charge in [-0.2, -0.15) is 0 Å².